The summed E-state index contributed by atoms with van der Waals surface area (Å²) in [5, 5.41) is 0. The summed E-state index contributed by atoms with van der Waals surface area (Å²) in [7, 11) is 0. The van der Waals surface area contributed by atoms with Gasteiger partial charge in [0.2, 0.25) is 0 Å². The molecule has 0 amide bonds. The van der Waals surface area contributed by atoms with Gasteiger partial charge < -0.3 is 0 Å². The number of benzene rings is 1. The first-order chi connectivity index (χ1) is 8.99. The van der Waals surface area contributed by atoms with E-state index in [1.807, 2.05) is 0 Å². The van der Waals surface area contributed by atoms with Crippen LogP contribution in [0.2, 0.25) is 0 Å². The summed E-state index contributed by atoms with van der Waals surface area (Å²) in [5.41, 5.74) is 4.57. The number of hydrogen-bond acceptors (Lipinski definition) is 0. The molecule has 0 atom stereocenters. The van der Waals surface area contributed by atoms with Crippen molar-refractivity contribution in [3.8, 4) is 0 Å². The van der Waals surface area contributed by atoms with E-state index in [9.17, 15) is 0 Å². The molecule has 100 valence electrons. The molecule has 0 N–H and O–H groups in total. The molecule has 0 aromatic heterocycles. The van der Waals surface area contributed by atoms with Crippen LogP contribution in [0.3, 0.4) is 0 Å². The van der Waals surface area contributed by atoms with Crippen molar-refractivity contribution in [2.24, 2.45) is 5.92 Å². The Morgan fingerprint density at radius 3 is 1.84 bits per heavy atom. The van der Waals surface area contributed by atoms with Crippen LogP contribution in [0.4, 0.5) is 0 Å². The normalized spacial score (nSPS) is 16.6. The van der Waals surface area contributed by atoms with Crippen LogP contribution >= 0.6 is 0 Å². The van der Waals surface area contributed by atoms with Crippen molar-refractivity contribution in [3.63, 3.8) is 0 Å². The summed E-state index contributed by atoms with van der Waals surface area (Å²) >= 11 is 1.62. The topological polar surface area (TPSA) is 0 Å². The van der Waals surface area contributed by atoms with Gasteiger partial charge in [-0.15, -0.1) is 0 Å². The second-order valence-electron chi connectivity index (χ2n) is 6.59. The van der Waals surface area contributed by atoms with Crippen LogP contribution in [0.5, 0.6) is 0 Å². The Kier molecular flexibility index (Phi) is 5.35. The minimum atomic E-state index is 0.629. The third-order valence-corrected chi connectivity index (χ3v) is 6.10. The molecule has 1 saturated carbocycles. The molecule has 1 fully saturated rings. The van der Waals surface area contributed by atoms with E-state index in [0.29, 0.717) is 11.8 Å². The summed E-state index contributed by atoms with van der Waals surface area (Å²) in [4.78, 5) is 0. The molecule has 0 aliphatic heterocycles. The van der Waals surface area contributed by atoms with E-state index in [0.717, 1.165) is 5.92 Å². The molecule has 1 aliphatic carbocycles. The standard InChI is InChI=1S/C18H26.Zr/c1-13(2)17-10-16(9-15-7-5-6-8-15)11-18(12-17)14(3)4;/h10-15H,5-8H2,1-4H3;/q;+2. The second kappa shape index (κ2) is 6.62. The second-order valence-corrected chi connectivity index (χ2v) is 7.92. The van der Waals surface area contributed by atoms with Crippen LogP contribution in [0.1, 0.15) is 81.9 Å². The van der Waals surface area contributed by atoms with Gasteiger partial charge in [-0.05, 0) is 0 Å². The molecular weight excluding hydrogens is 307 g/mol. The van der Waals surface area contributed by atoms with Crippen molar-refractivity contribution in [2.45, 2.75) is 65.2 Å². The van der Waals surface area contributed by atoms with Crippen LogP contribution in [0.15, 0.2) is 18.2 Å². The summed E-state index contributed by atoms with van der Waals surface area (Å²) < 4.78 is 1.72. The van der Waals surface area contributed by atoms with Gasteiger partial charge in [0.15, 0.2) is 0 Å². The van der Waals surface area contributed by atoms with Crippen LogP contribution in [-0.4, -0.2) is 3.21 Å². The molecule has 0 radical (unpaired) electrons. The van der Waals surface area contributed by atoms with E-state index in [1.54, 1.807) is 33.0 Å². The zero-order valence-corrected chi connectivity index (χ0v) is 15.3. The molecule has 2 rings (SSSR count). The van der Waals surface area contributed by atoms with Gasteiger partial charge in [-0.25, -0.2) is 0 Å². The van der Waals surface area contributed by atoms with E-state index in [2.05, 4.69) is 45.9 Å². The van der Waals surface area contributed by atoms with Gasteiger partial charge in [0.1, 0.15) is 0 Å². The van der Waals surface area contributed by atoms with Crippen molar-refractivity contribution in [1.82, 2.24) is 0 Å². The fourth-order valence-corrected chi connectivity index (χ4v) is 4.01. The summed E-state index contributed by atoms with van der Waals surface area (Å²) in [5.74, 6) is 2.13. The summed E-state index contributed by atoms with van der Waals surface area (Å²) in [6.45, 7) is 9.23. The van der Waals surface area contributed by atoms with E-state index in [-0.39, 0.29) is 0 Å². The van der Waals surface area contributed by atoms with Crippen molar-refractivity contribution < 1.29 is 24.2 Å². The SMILES string of the molecule is CC(C)c1cc([C](=[Zr+2])C2CCCC2)cc(C(C)C)c1. The zero-order valence-electron chi connectivity index (χ0n) is 12.8. The maximum absolute atomic E-state index is 2.46. The average molecular weight is 334 g/mol. The Balaban J connectivity index is 2.35. The Morgan fingerprint density at radius 2 is 1.42 bits per heavy atom. The molecular formula is C18H26Zr+2. The number of rotatable bonds is 4. The average Bonchev–Trinajstić information content (AvgIpc) is 2.91. The Hall–Kier alpha value is -0.0269. The maximum atomic E-state index is 2.46. The number of hydrogen-bond donors (Lipinski definition) is 0. The molecule has 0 unspecified atom stereocenters. The fourth-order valence-electron chi connectivity index (χ4n) is 2.95. The third kappa shape index (κ3) is 3.75. The molecule has 0 saturated heterocycles. The van der Waals surface area contributed by atoms with Gasteiger partial charge in [0, 0.05) is 0 Å². The molecule has 1 aromatic carbocycles. The van der Waals surface area contributed by atoms with Crippen molar-refractivity contribution in [2.75, 3.05) is 0 Å². The predicted octanol–water partition coefficient (Wildman–Crippen LogP) is 5.19. The molecule has 0 bridgehead atoms. The van der Waals surface area contributed by atoms with Crippen LogP contribution in [0, 0.1) is 5.92 Å². The first-order valence-corrected chi connectivity index (χ1v) is 8.95. The van der Waals surface area contributed by atoms with E-state index in [1.165, 1.54) is 36.8 Å². The monoisotopic (exact) mass is 332 g/mol. The minimum absolute atomic E-state index is 0.629. The van der Waals surface area contributed by atoms with Gasteiger partial charge in [0.25, 0.3) is 0 Å². The quantitative estimate of drug-likeness (QED) is 0.711. The van der Waals surface area contributed by atoms with E-state index in [4.69, 9.17) is 0 Å². The zero-order chi connectivity index (χ0) is 14.0. The van der Waals surface area contributed by atoms with Crippen molar-refractivity contribution in [1.29, 1.82) is 0 Å². The van der Waals surface area contributed by atoms with Gasteiger partial charge in [-0.1, -0.05) is 0 Å². The third-order valence-electron chi connectivity index (χ3n) is 4.39. The predicted molar refractivity (Wildman–Crippen MR) is 80.7 cm³/mol. The molecule has 19 heavy (non-hydrogen) atoms. The van der Waals surface area contributed by atoms with Crippen LogP contribution < -0.4 is 0 Å². The Labute approximate surface area is 133 Å². The summed E-state index contributed by atoms with van der Waals surface area (Å²) in [6.07, 6.45) is 5.71. The Bertz CT molecular complexity index is 425. The fraction of sp³-hybridized carbons (Fsp3) is 0.611. The van der Waals surface area contributed by atoms with Gasteiger partial charge in [-0.2, -0.15) is 0 Å². The van der Waals surface area contributed by atoms with Crippen molar-refractivity contribution in [3.05, 3.63) is 34.9 Å². The molecule has 0 heterocycles. The van der Waals surface area contributed by atoms with E-state index < -0.39 is 0 Å². The first kappa shape index (κ1) is 15.4. The van der Waals surface area contributed by atoms with Crippen LogP contribution in [-0.2, 0) is 24.2 Å². The van der Waals surface area contributed by atoms with Gasteiger partial charge in [-0.3, -0.25) is 0 Å². The molecule has 0 nitrogen and oxygen atoms in total. The van der Waals surface area contributed by atoms with Gasteiger partial charge >= 0.3 is 133 Å². The van der Waals surface area contributed by atoms with E-state index >= 15 is 0 Å². The first-order valence-electron chi connectivity index (χ1n) is 7.72. The Morgan fingerprint density at radius 1 is 0.947 bits per heavy atom. The van der Waals surface area contributed by atoms with Crippen molar-refractivity contribution >= 4 is 3.21 Å². The molecule has 0 spiro atoms. The summed E-state index contributed by atoms with van der Waals surface area (Å²) in [6, 6.07) is 7.33. The molecule has 1 aromatic rings. The van der Waals surface area contributed by atoms with Gasteiger partial charge in [0.05, 0.1) is 0 Å². The molecule has 1 aliphatic rings. The van der Waals surface area contributed by atoms with Crippen LogP contribution in [0.25, 0.3) is 0 Å². The molecule has 1 heteroatoms.